The van der Waals surface area contributed by atoms with Crippen LogP contribution in [0.5, 0.6) is 5.75 Å². The predicted molar refractivity (Wildman–Crippen MR) is 91.4 cm³/mol. The monoisotopic (exact) mass is 360 g/mol. The molecule has 1 heterocycles. The Kier molecular flexibility index (Phi) is 5.60. The Hall–Kier alpha value is -2.36. The third kappa shape index (κ3) is 3.90. The van der Waals surface area contributed by atoms with Gasteiger partial charge in [0, 0.05) is 0 Å². The quantitative estimate of drug-likeness (QED) is 0.522. The summed E-state index contributed by atoms with van der Waals surface area (Å²) in [7, 11) is 0. The van der Waals surface area contributed by atoms with Crippen LogP contribution in [0.4, 0.5) is 11.4 Å². The van der Waals surface area contributed by atoms with E-state index in [0.717, 1.165) is 0 Å². The Bertz CT molecular complexity index is 747. The summed E-state index contributed by atoms with van der Waals surface area (Å²) < 4.78 is 5.51. The second-order valence-electron chi connectivity index (χ2n) is 6.06. The minimum Gasteiger partial charge on any atom is -0.508 e. The first kappa shape index (κ1) is 18.4. The Labute approximate surface area is 149 Å². The summed E-state index contributed by atoms with van der Waals surface area (Å²) in [5, 5.41) is 56.4. The van der Waals surface area contributed by atoms with Gasteiger partial charge < -0.3 is 30.3 Å². The molecule has 3 rings (SSSR count). The second-order valence-corrected chi connectivity index (χ2v) is 6.06. The van der Waals surface area contributed by atoms with Crippen LogP contribution in [0.3, 0.4) is 0 Å². The molecule has 26 heavy (non-hydrogen) atoms. The SMILES string of the molecule is OC[C@H]1O[C@@H](c2ccc(N=Nc3ccc(O)cc3)cc2)[C@H](O)[C@@H](O)[C@@H]1O. The number of hydrogen-bond acceptors (Lipinski definition) is 8. The molecular formula is C18H20N2O6. The lowest BCUT2D eigenvalue weighted by Crippen LogP contribution is -2.55. The van der Waals surface area contributed by atoms with Crippen LogP contribution in [-0.2, 0) is 4.74 Å². The van der Waals surface area contributed by atoms with E-state index in [1.807, 2.05) is 0 Å². The summed E-state index contributed by atoms with van der Waals surface area (Å²) in [6, 6.07) is 12.9. The van der Waals surface area contributed by atoms with Crippen molar-refractivity contribution in [3.63, 3.8) is 0 Å². The van der Waals surface area contributed by atoms with Crippen LogP contribution in [0, 0.1) is 0 Å². The molecular weight excluding hydrogens is 340 g/mol. The van der Waals surface area contributed by atoms with Crippen LogP contribution in [0.1, 0.15) is 11.7 Å². The van der Waals surface area contributed by atoms with Gasteiger partial charge in [-0.2, -0.15) is 10.2 Å². The van der Waals surface area contributed by atoms with E-state index in [2.05, 4.69) is 10.2 Å². The number of aromatic hydroxyl groups is 1. The van der Waals surface area contributed by atoms with Crippen molar-refractivity contribution in [1.82, 2.24) is 0 Å². The smallest absolute Gasteiger partial charge is 0.115 e. The number of nitrogens with zero attached hydrogens (tertiary/aromatic N) is 2. The largest absolute Gasteiger partial charge is 0.508 e. The van der Waals surface area contributed by atoms with Crippen LogP contribution in [0.2, 0.25) is 0 Å². The van der Waals surface area contributed by atoms with Gasteiger partial charge in [-0.25, -0.2) is 0 Å². The summed E-state index contributed by atoms with van der Waals surface area (Å²) in [6.07, 6.45) is -5.96. The van der Waals surface area contributed by atoms with Crippen molar-refractivity contribution in [1.29, 1.82) is 0 Å². The molecule has 2 aromatic rings. The van der Waals surface area contributed by atoms with Crippen LogP contribution in [0.15, 0.2) is 58.8 Å². The topological polar surface area (TPSA) is 135 Å². The molecule has 0 radical (unpaired) electrons. The van der Waals surface area contributed by atoms with Crippen LogP contribution in [0.25, 0.3) is 0 Å². The van der Waals surface area contributed by atoms with Gasteiger partial charge in [0.25, 0.3) is 0 Å². The molecule has 5 atom stereocenters. The third-order valence-corrected chi connectivity index (χ3v) is 4.24. The molecule has 0 unspecified atom stereocenters. The average Bonchev–Trinajstić information content (AvgIpc) is 2.67. The fourth-order valence-corrected chi connectivity index (χ4v) is 2.74. The molecule has 0 aromatic heterocycles. The normalized spacial score (nSPS) is 29.2. The van der Waals surface area contributed by atoms with Gasteiger partial charge in [-0.1, -0.05) is 12.1 Å². The molecule has 8 heteroatoms. The molecule has 1 saturated heterocycles. The maximum absolute atomic E-state index is 10.1. The van der Waals surface area contributed by atoms with Crippen LogP contribution >= 0.6 is 0 Å². The molecule has 0 bridgehead atoms. The zero-order chi connectivity index (χ0) is 18.7. The number of phenols is 1. The van der Waals surface area contributed by atoms with Crippen molar-refractivity contribution in [3.8, 4) is 5.75 Å². The number of hydrogen-bond donors (Lipinski definition) is 5. The van der Waals surface area contributed by atoms with E-state index >= 15 is 0 Å². The van der Waals surface area contributed by atoms with E-state index in [1.165, 1.54) is 12.1 Å². The molecule has 2 aromatic carbocycles. The number of rotatable bonds is 4. The van der Waals surface area contributed by atoms with Gasteiger partial charge in [-0.05, 0) is 42.0 Å². The Morgan fingerprint density at radius 2 is 1.31 bits per heavy atom. The van der Waals surface area contributed by atoms with Crippen molar-refractivity contribution in [2.45, 2.75) is 30.5 Å². The molecule has 0 spiro atoms. The highest BCUT2D eigenvalue weighted by Crippen LogP contribution is 2.33. The second kappa shape index (κ2) is 7.90. The maximum atomic E-state index is 10.1. The Morgan fingerprint density at radius 3 is 1.85 bits per heavy atom. The van der Waals surface area contributed by atoms with Crippen molar-refractivity contribution in [2.75, 3.05) is 6.61 Å². The van der Waals surface area contributed by atoms with Gasteiger partial charge >= 0.3 is 0 Å². The van der Waals surface area contributed by atoms with Crippen molar-refractivity contribution >= 4 is 11.4 Å². The molecule has 138 valence electrons. The molecule has 0 saturated carbocycles. The number of aliphatic hydroxyl groups excluding tert-OH is 4. The summed E-state index contributed by atoms with van der Waals surface area (Å²) in [5.41, 5.74) is 1.72. The highest BCUT2D eigenvalue weighted by Gasteiger charge is 2.43. The van der Waals surface area contributed by atoms with Crippen LogP contribution < -0.4 is 0 Å². The number of aliphatic hydroxyl groups is 4. The standard InChI is InChI=1S/C18H20N2O6/c21-9-14-15(23)16(24)17(25)18(26-14)10-1-3-11(4-2-10)19-20-12-5-7-13(22)8-6-12/h1-8,14-18,21-25H,9H2/t14-,15-,16+,17-,18+/m1/s1. The zero-order valence-electron chi connectivity index (χ0n) is 13.8. The summed E-state index contributed by atoms with van der Waals surface area (Å²) in [6.45, 7) is -0.472. The van der Waals surface area contributed by atoms with Crippen molar-refractivity contribution < 1.29 is 30.3 Å². The third-order valence-electron chi connectivity index (χ3n) is 4.24. The lowest BCUT2D eigenvalue weighted by Gasteiger charge is -2.40. The summed E-state index contributed by atoms with van der Waals surface area (Å²) in [4.78, 5) is 0. The van der Waals surface area contributed by atoms with E-state index in [-0.39, 0.29) is 5.75 Å². The first-order valence-corrected chi connectivity index (χ1v) is 8.11. The van der Waals surface area contributed by atoms with E-state index in [1.54, 1.807) is 36.4 Å². The van der Waals surface area contributed by atoms with Crippen molar-refractivity contribution in [3.05, 3.63) is 54.1 Å². The first-order chi connectivity index (χ1) is 12.5. The predicted octanol–water partition coefficient (Wildman–Crippen LogP) is 1.32. The minimum absolute atomic E-state index is 0.146. The first-order valence-electron chi connectivity index (χ1n) is 8.11. The Morgan fingerprint density at radius 1 is 0.769 bits per heavy atom. The fraction of sp³-hybridized carbons (Fsp3) is 0.333. The average molecular weight is 360 g/mol. The molecule has 8 nitrogen and oxygen atoms in total. The van der Waals surface area contributed by atoms with E-state index in [4.69, 9.17) is 4.74 Å². The van der Waals surface area contributed by atoms with Gasteiger partial charge in [-0.3, -0.25) is 0 Å². The zero-order valence-corrected chi connectivity index (χ0v) is 13.8. The van der Waals surface area contributed by atoms with E-state index < -0.39 is 37.1 Å². The van der Waals surface area contributed by atoms with Crippen molar-refractivity contribution in [2.24, 2.45) is 10.2 Å². The summed E-state index contributed by atoms with van der Waals surface area (Å²) in [5.74, 6) is 0.146. The van der Waals surface area contributed by atoms with Gasteiger partial charge in [0.2, 0.25) is 0 Å². The molecule has 1 aliphatic rings. The molecule has 1 fully saturated rings. The summed E-state index contributed by atoms with van der Waals surface area (Å²) >= 11 is 0. The van der Waals surface area contributed by atoms with Gasteiger partial charge in [0.15, 0.2) is 0 Å². The molecule has 1 aliphatic heterocycles. The lowest BCUT2D eigenvalue weighted by molar-refractivity contribution is -0.231. The number of phenolic OH excluding ortho intramolecular Hbond substituents is 1. The van der Waals surface area contributed by atoms with Crippen LogP contribution in [-0.4, -0.2) is 56.6 Å². The number of azo groups is 1. The van der Waals surface area contributed by atoms with E-state index in [9.17, 15) is 25.5 Å². The number of benzene rings is 2. The van der Waals surface area contributed by atoms with Gasteiger partial charge in [0.1, 0.15) is 36.3 Å². The van der Waals surface area contributed by atoms with E-state index in [0.29, 0.717) is 16.9 Å². The minimum atomic E-state index is -1.42. The fourth-order valence-electron chi connectivity index (χ4n) is 2.74. The molecule has 0 amide bonds. The molecule has 0 aliphatic carbocycles. The highest BCUT2D eigenvalue weighted by molar-refractivity contribution is 5.43. The lowest BCUT2D eigenvalue weighted by atomic mass is 9.91. The number of ether oxygens (including phenoxy) is 1. The molecule has 5 N–H and O–H groups in total. The maximum Gasteiger partial charge on any atom is 0.115 e. The van der Waals surface area contributed by atoms with Gasteiger partial charge in [0.05, 0.1) is 18.0 Å². The Balaban J connectivity index is 1.73. The van der Waals surface area contributed by atoms with Gasteiger partial charge in [-0.15, -0.1) is 0 Å². The highest BCUT2D eigenvalue weighted by atomic mass is 16.5.